The molecule has 3 nitrogen and oxygen atoms in total. The van der Waals surface area contributed by atoms with Crippen LogP contribution < -0.4 is 5.32 Å². The van der Waals surface area contributed by atoms with Crippen LogP contribution in [0.2, 0.25) is 0 Å². The summed E-state index contributed by atoms with van der Waals surface area (Å²) in [6, 6.07) is 1.67. The van der Waals surface area contributed by atoms with Gasteiger partial charge in [-0.25, -0.2) is 14.4 Å². The second-order valence-corrected chi connectivity index (χ2v) is 2.62. The van der Waals surface area contributed by atoms with E-state index in [1.54, 1.807) is 18.5 Å². The van der Waals surface area contributed by atoms with Gasteiger partial charge in [0.1, 0.15) is 11.2 Å². The van der Waals surface area contributed by atoms with Crippen molar-refractivity contribution in [3.8, 4) is 0 Å². The van der Waals surface area contributed by atoms with Crippen molar-refractivity contribution in [2.24, 2.45) is 0 Å². The Morgan fingerprint density at radius 3 is 2.67 bits per heavy atom. The summed E-state index contributed by atoms with van der Waals surface area (Å²) >= 11 is 4.69. The minimum absolute atomic E-state index is 0.0983. The smallest absolute Gasteiger partial charge is 0.227 e. The molecule has 0 amide bonds. The van der Waals surface area contributed by atoms with Gasteiger partial charge in [0.2, 0.25) is 5.95 Å². The van der Waals surface area contributed by atoms with Crippen LogP contribution in [0.3, 0.4) is 0 Å². The first-order valence-corrected chi connectivity index (χ1v) is 3.83. The number of alkyl halides is 1. The van der Waals surface area contributed by atoms with Crippen molar-refractivity contribution in [2.75, 3.05) is 5.32 Å². The molecule has 5 heteroatoms. The normalized spacial score (nSPS) is 12.2. The number of nitrogens with one attached hydrogen (secondary N) is 1. The van der Waals surface area contributed by atoms with Gasteiger partial charge in [0.05, 0.1) is 0 Å². The maximum Gasteiger partial charge on any atom is 0.227 e. The minimum Gasteiger partial charge on any atom is -0.316 e. The lowest BCUT2D eigenvalue weighted by Gasteiger charge is -2.05. The molecule has 0 saturated carbocycles. The highest BCUT2D eigenvalue weighted by atomic mass is 32.1. The van der Waals surface area contributed by atoms with Gasteiger partial charge in [0, 0.05) is 12.4 Å². The van der Waals surface area contributed by atoms with E-state index in [0.717, 1.165) is 0 Å². The van der Waals surface area contributed by atoms with Crippen LogP contribution in [-0.2, 0) is 0 Å². The van der Waals surface area contributed by atoms with E-state index in [-0.39, 0.29) is 4.99 Å². The lowest BCUT2D eigenvalue weighted by atomic mass is 10.4. The Kier molecular flexibility index (Phi) is 3.04. The zero-order valence-electron chi connectivity index (χ0n) is 6.49. The predicted molar refractivity (Wildman–Crippen MR) is 48.8 cm³/mol. The zero-order valence-corrected chi connectivity index (χ0v) is 7.31. The summed E-state index contributed by atoms with van der Waals surface area (Å²) in [5.74, 6) is 0.326. The third-order valence-electron chi connectivity index (χ3n) is 1.16. The number of nitrogens with zero attached hydrogens (tertiary/aromatic N) is 2. The molecule has 1 heterocycles. The number of rotatable bonds is 2. The van der Waals surface area contributed by atoms with E-state index >= 15 is 0 Å². The van der Waals surface area contributed by atoms with Crippen LogP contribution in [0, 0.1) is 0 Å². The number of anilines is 1. The van der Waals surface area contributed by atoms with Crippen LogP contribution in [-0.4, -0.2) is 21.1 Å². The van der Waals surface area contributed by atoms with Crippen molar-refractivity contribution in [3.05, 3.63) is 18.5 Å². The first-order valence-electron chi connectivity index (χ1n) is 3.42. The Hall–Kier alpha value is -1.10. The van der Waals surface area contributed by atoms with Gasteiger partial charge in [-0.1, -0.05) is 12.2 Å². The summed E-state index contributed by atoms with van der Waals surface area (Å²) in [5.41, 5.74) is 0. The molecule has 12 heavy (non-hydrogen) atoms. The highest BCUT2D eigenvalue weighted by Crippen LogP contribution is 1.99. The predicted octanol–water partition coefficient (Wildman–Crippen LogP) is 1.57. The summed E-state index contributed by atoms with van der Waals surface area (Å²) in [6.45, 7) is 1.36. The molecule has 0 aliphatic carbocycles. The summed E-state index contributed by atoms with van der Waals surface area (Å²) in [5, 5.41) is 2.58. The maximum atomic E-state index is 12.5. The van der Waals surface area contributed by atoms with Crippen LogP contribution in [0.5, 0.6) is 0 Å². The van der Waals surface area contributed by atoms with E-state index in [4.69, 9.17) is 12.2 Å². The Morgan fingerprint density at radius 1 is 1.58 bits per heavy atom. The third-order valence-corrected chi connectivity index (χ3v) is 1.59. The highest BCUT2D eigenvalue weighted by molar-refractivity contribution is 7.80. The zero-order chi connectivity index (χ0) is 8.97. The molecule has 64 valence electrons. The molecule has 0 spiro atoms. The molecule has 1 unspecified atom stereocenters. The second-order valence-electron chi connectivity index (χ2n) is 2.18. The number of hydrogen-bond donors (Lipinski definition) is 1. The standard InChI is InChI=1S/C7H8FN3S/c1-5(8)6(12)11-7-9-3-2-4-10-7/h2-5H,1H3,(H,9,10,11,12). The van der Waals surface area contributed by atoms with Crippen LogP contribution in [0.4, 0.5) is 10.3 Å². The molecule has 0 fully saturated rings. The van der Waals surface area contributed by atoms with Crippen LogP contribution in [0.25, 0.3) is 0 Å². The van der Waals surface area contributed by atoms with E-state index in [2.05, 4.69) is 15.3 Å². The summed E-state index contributed by atoms with van der Waals surface area (Å²) in [4.78, 5) is 7.75. The third kappa shape index (κ3) is 2.50. The molecule has 1 atom stereocenters. The molecule has 1 aromatic heterocycles. The van der Waals surface area contributed by atoms with Crippen molar-refractivity contribution in [3.63, 3.8) is 0 Å². The Labute approximate surface area is 75.0 Å². The van der Waals surface area contributed by atoms with Crippen molar-refractivity contribution in [2.45, 2.75) is 13.1 Å². The molecule has 0 aliphatic rings. The molecule has 1 aromatic rings. The van der Waals surface area contributed by atoms with Gasteiger partial charge in [-0.05, 0) is 13.0 Å². The lowest BCUT2D eigenvalue weighted by molar-refractivity contribution is 0.458. The van der Waals surface area contributed by atoms with Gasteiger partial charge in [-0.3, -0.25) is 0 Å². The minimum atomic E-state index is -1.18. The first-order chi connectivity index (χ1) is 5.70. The van der Waals surface area contributed by atoms with Gasteiger partial charge in [-0.15, -0.1) is 0 Å². The van der Waals surface area contributed by atoms with Gasteiger partial charge >= 0.3 is 0 Å². The molecular formula is C7H8FN3S. The largest absolute Gasteiger partial charge is 0.316 e. The maximum absolute atomic E-state index is 12.5. The molecule has 0 bridgehead atoms. The van der Waals surface area contributed by atoms with Crippen LogP contribution in [0.1, 0.15) is 6.92 Å². The summed E-state index contributed by atoms with van der Waals surface area (Å²) in [7, 11) is 0. The summed E-state index contributed by atoms with van der Waals surface area (Å²) < 4.78 is 12.5. The fourth-order valence-electron chi connectivity index (χ4n) is 0.573. The van der Waals surface area contributed by atoms with Gasteiger partial charge in [0.15, 0.2) is 0 Å². The molecule has 1 N–H and O–H groups in total. The SMILES string of the molecule is CC(F)C(=S)Nc1ncccn1. The Balaban J connectivity index is 2.59. The lowest BCUT2D eigenvalue weighted by Crippen LogP contribution is -2.20. The van der Waals surface area contributed by atoms with Gasteiger partial charge in [-0.2, -0.15) is 0 Å². The molecule has 0 aliphatic heterocycles. The topological polar surface area (TPSA) is 37.8 Å². The molecule has 0 aromatic carbocycles. The number of thiocarbonyl (C=S) groups is 1. The van der Waals surface area contributed by atoms with E-state index in [1.165, 1.54) is 6.92 Å². The van der Waals surface area contributed by atoms with Gasteiger partial charge < -0.3 is 5.32 Å². The molecule has 1 rings (SSSR count). The van der Waals surface area contributed by atoms with Crippen molar-refractivity contribution < 1.29 is 4.39 Å². The number of hydrogen-bond acceptors (Lipinski definition) is 3. The van der Waals surface area contributed by atoms with Crippen molar-refractivity contribution >= 4 is 23.2 Å². The quantitative estimate of drug-likeness (QED) is 0.710. The molecule has 0 radical (unpaired) electrons. The Bertz CT molecular complexity index is 263. The van der Waals surface area contributed by atoms with Crippen molar-refractivity contribution in [1.82, 2.24) is 9.97 Å². The van der Waals surface area contributed by atoms with E-state index < -0.39 is 6.17 Å². The average Bonchev–Trinajstić information content (AvgIpc) is 2.06. The van der Waals surface area contributed by atoms with Gasteiger partial charge in [0.25, 0.3) is 0 Å². The number of halogens is 1. The monoisotopic (exact) mass is 185 g/mol. The first kappa shape index (κ1) is 8.99. The fraction of sp³-hybridized carbons (Fsp3) is 0.286. The van der Waals surface area contributed by atoms with Crippen molar-refractivity contribution in [1.29, 1.82) is 0 Å². The van der Waals surface area contributed by atoms with E-state index in [1.807, 2.05) is 0 Å². The molecule has 0 saturated heterocycles. The fourth-order valence-corrected chi connectivity index (χ4v) is 0.665. The highest BCUT2D eigenvalue weighted by Gasteiger charge is 2.06. The van der Waals surface area contributed by atoms with E-state index in [0.29, 0.717) is 5.95 Å². The number of aromatic nitrogens is 2. The van der Waals surface area contributed by atoms with Crippen LogP contribution >= 0.6 is 12.2 Å². The Morgan fingerprint density at radius 2 is 2.17 bits per heavy atom. The van der Waals surface area contributed by atoms with Crippen LogP contribution in [0.15, 0.2) is 18.5 Å². The summed E-state index contributed by atoms with van der Waals surface area (Å²) in [6.07, 6.45) is 1.94. The average molecular weight is 185 g/mol. The second kappa shape index (κ2) is 4.06. The van der Waals surface area contributed by atoms with E-state index in [9.17, 15) is 4.39 Å². The molecular weight excluding hydrogens is 177 g/mol.